The smallest absolute Gasteiger partial charge is 0.326 e. The minimum Gasteiger partial charge on any atom is -0.496 e. The number of hydrogen-bond acceptors (Lipinski definition) is 5. The number of carbonyl (C=O) groups is 2. The molecule has 1 N–H and O–H groups in total. The number of amides is 1. The van der Waals surface area contributed by atoms with Gasteiger partial charge in [-0.3, -0.25) is 4.79 Å². The van der Waals surface area contributed by atoms with Crippen LogP contribution in [-0.2, 0) is 4.79 Å². The molecule has 142 valence electrons. The molecule has 1 saturated heterocycles. The van der Waals surface area contributed by atoms with Gasteiger partial charge in [0.25, 0.3) is 5.91 Å². The fourth-order valence-electron chi connectivity index (χ4n) is 4.42. The molecule has 0 bridgehead atoms. The van der Waals surface area contributed by atoms with E-state index < -0.39 is 12.0 Å². The molecule has 2 heterocycles. The number of hydrogen-bond donors (Lipinski definition) is 1. The second-order valence-corrected chi connectivity index (χ2v) is 8.01. The molecule has 4 rings (SSSR count). The SMILES string of the molecule is COc1ccccc1-c1nc(C(=O)N2[C@@H]3CCCC[C@H]3C[C@H]2C(=O)O)cs1. The summed E-state index contributed by atoms with van der Waals surface area (Å²) in [6.07, 6.45) is 4.59. The number of rotatable bonds is 4. The zero-order chi connectivity index (χ0) is 19.0. The number of para-hydroxylation sites is 1. The molecule has 1 aromatic heterocycles. The lowest BCUT2D eigenvalue weighted by atomic mass is 9.84. The number of methoxy groups -OCH3 is 1. The van der Waals surface area contributed by atoms with Crippen molar-refractivity contribution in [1.82, 2.24) is 9.88 Å². The predicted molar refractivity (Wildman–Crippen MR) is 102 cm³/mol. The molecule has 3 atom stereocenters. The lowest BCUT2D eigenvalue weighted by molar-refractivity contribution is -0.141. The summed E-state index contributed by atoms with van der Waals surface area (Å²) >= 11 is 1.37. The molecule has 1 aliphatic heterocycles. The first kappa shape index (κ1) is 18.0. The van der Waals surface area contributed by atoms with E-state index in [-0.39, 0.29) is 17.9 Å². The summed E-state index contributed by atoms with van der Waals surface area (Å²) in [5.74, 6) is -0.203. The van der Waals surface area contributed by atoms with Crippen LogP contribution < -0.4 is 4.74 Å². The van der Waals surface area contributed by atoms with Crippen molar-refractivity contribution in [3.63, 3.8) is 0 Å². The second-order valence-electron chi connectivity index (χ2n) is 7.15. The number of thiazole rings is 1. The van der Waals surface area contributed by atoms with Crippen LogP contribution in [0, 0.1) is 5.92 Å². The fourth-order valence-corrected chi connectivity index (χ4v) is 5.25. The maximum atomic E-state index is 13.2. The highest BCUT2D eigenvalue weighted by atomic mass is 32.1. The van der Waals surface area contributed by atoms with Gasteiger partial charge in [0.05, 0.1) is 12.7 Å². The first-order valence-corrected chi connectivity index (χ1v) is 10.1. The van der Waals surface area contributed by atoms with E-state index in [0.29, 0.717) is 22.9 Å². The molecule has 1 aliphatic carbocycles. The molecule has 1 saturated carbocycles. The number of likely N-dealkylation sites (tertiary alicyclic amines) is 1. The van der Waals surface area contributed by atoms with Crippen LogP contribution in [-0.4, -0.2) is 46.1 Å². The molecule has 2 fully saturated rings. The van der Waals surface area contributed by atoms with Crippen molar-refractivity contribution in [3.05, 3.63) is 35.3 Å². The van der Waals surface area contributed by atoms with Gasteiger partial charge >= 0.3 is 5.97 Å². The molecule has 6 nitrogen and oxygen atoms in total. The standard InChI is InChI=1S/C20H22N2O4S/c1-26-17-9-5-3-7-13(17)18-21-14(11-27-18)19(23)22-15-8-4-2-6-12(15)10-16(22)20(24)25/h3,5,7,9,11-12,15-16H,2,4,6,8,10H2,1H3,(H,24,25)/t12-,15+,16-/m0/s1. The van der Waals surface area contributed by atoms with Gasteiger partial charge in [0.15, 0.2) is 0 Å². The predicted octanol–water partition coefficient (Wildman–Crippen LogP) is 3.68. The lowest BCUT2D eigenvalue weighted by Gasteiger charge is -2.32. The summed E-state index contributed by atoms with van der Waals surface area (Å²) in [7, 11) is 1.60. The van der Waals surface area contributed by atoms with Crippen LogP contribution in [0.2, 0.25) is 0 Å². The van der Waals surface area contributed by atoms with E-state index in [0.717, 1.165) is 31.2 Å². The number of carbonyl (C=O) groups excluding carboxylic acids is 1. The van der Waals surface area contributed by atoms with E-state index in [2.05, 4.69) is 4.98 Å². The highest BCUT2D eigenvalue weighted by Gasteiger charge is 2.48. The topological polar surface area (TPSA) is 79.7 Å². The van der Waals surface area contributed by atoms with Crippen LogP contribution in [0.5, 0.6) is 5.75 Å². The van der Waals surface area contributed by atoms with E-state index in [1.807, 2.05) is 24.3 Å². The van der Waals surface area contributed by atoms with Crippen molar-refractivity contribution in [2.75, 3.05) is 7.11 Å². The van der Waals surface area contributed by atoms with Crippen LogP contribution >= 0.6 is 11.3 Å². The highest BCUT2D eigenvalue weighted by molar-refractivity contribution is 7.13. The number of ether oxygens (including phenoxy) is 1. The molecule has 7 heteroatoms. The Morgan fingerprint density at radius 1 is 1.26 bits per heavy atom. The van der Waals surface area contributed by atoms with Gasteiger partial charge in [-0.15, -0.1) is 11.3 Å². The highest BCUT2D eigenvalue weighted by Crippen LogP contribution is 2.41. The average Bonchev–Trinajstić information content (AvgIpc) is 3.32. The molecule has 1 aromatic carbocycles. The summed E-state index contributed by atoms with van der Waals surface area (Å²) in [6, 6.07) is 6.80. The molecule has 27 heavy (non-hydrogen) atoms. The van der Waals surface area contributed by atoms with Crippen LogP contribution in [0.1, 0.15) is 42.6 Å². The fraction of sp³-hybridized carbons (Fsp3) is 0.450. The number of carboxylic acid groups (broad SMARTS) is 1. The molecule has 2 aliphatic rings. The summed E-state index contributed by atoms with van der Waals surface area (Å²) in [5, 5.41) is 12.1. The zero-order valence-corrected chi connectivity index (χ0v) is 15.9. The Hall–Kier alpha value is -2.41. The Bertz CT molecular complexity index is 865. The molecule has 0 radical (unpaired) electrons. The normalized spacial score (nSPS) is 24.5. The Kier molecular flexibility index (Phi) is 4.86. The first-order valence-electron chi connectivity index (χ1n) is 9.24. The van der Waals surface area contributed by atoms with Crippen LogP contribution in [0.4, 0.5) is 0 Å². The third-order valence-corrected chi connectivity index (χ3v) is 6.54. The third-order valence-electron chi connectivity index (χ3n) is 5.67. The van der Waals surface area contributed by atoms with Crippen molar-refractivity contribution in [2.45, 2.75) is 44.2 Å². The first-order chi connectivity index (χ1) is 13.1. The summed E-state index contributed by atoms with van der Waals surface area (Å²) in [4.78, 5) is 31.1. The number of aliphatic carboxylic acids is 1. The quantitative estimate of drug-likeness (QED) is 0.867. The van der Waals surface area contributed by atoms with Gasteiger partial charge in [-0.1, -0.05) is 25.0 Å². The Labute approximate surface area is 161 Å². The van der Waals surface area contributed by atoms with Crippen molar-refractivity contribution < 1.29 is 19.4 Å². The van der Waals surface area contributed by atoms with Crippen molar-refractivity contribution in [3.8, 4) is 16.3 Å². The molecule has 0 unspecified atom stereocenters. The Morgan fingerprint density at radius 3 is 2.81 bits per heavy atom. The Morgan fingerprint density at radius 2 is 2.04 bits per heavy atom. The van der Waals surface area contributed by atoms with E-state index >= 15 is 0 Å². The van der Waals surface area contributed by atoms with Gasteiger partial charge in [0, 0.05) is 11.4 Å². The van der Waals surface area contributed by atoms with Crippen LogP contribution in [0.15, 0.2) is 29.6 Å². The lowest BCUT2D eigenvalue weighted by Crippen LogP contribution is -2.46. The van der Waals surface area contributed by atoms with E-state index in [9.17, 15) is 14.7 Å². The second kappa shape index (κ2) is 7.31. The number of nitrogens with zero attached hydrogens (tertiary/aromatic N) is 2. The number of benzene rings is 1. The summed E-state index contributed by atoms with van der Waals surface area (Å²) in [6.45, 7) is 0. The van der Waals surface area contributed by atoms with Crippen LogP contribution in [0.25, 0.3) is 10.6 Å². The molecular weight excluding hydrogens is 364 g/mol. The largest absolute Gasteiger partial charge is 0.496 e. The van der Waals surface area contributed by atoms with Crippen molar-refractivity contribution in [2.24, 2.45) is 5.92 Å². The summed E-state index contributed by atoms with van der Waals surface area (Å²) < 4.78 is 5.38. The van der Waals surface area contributed by atoms with Crippen molar-refractivity contribution in [1.29, 1.82) is 0 Å². The van der Waals surface area contributed by atoms with Gasteiger partial charge in [0.2, 0.25) is 0 Å². The van der Waals surface area contributed by atoms with E-state index in [1.54, 1.807) is 17.4 Å². The van der Waals surface area contributed by atoms with Gasteiger partial charge in [-0.2, -0.15) is 0 Å². The molecule has 0 spiro atoms. The maximum absolute atomic E-state index is 13.2. The van der Waals surface area contributed by atoms with Gasteiger partial charge < -0.3 is 14.7 Å². The van der Waals surface area contributed by atoms with E-state index in [1.165, 1.54) is 11.3 Å². The zero-order valence-electron chi connectivity index (χ0n) is 15.1. The molecule has 1 amide bonds. The maximum Gasteiger partial charge on any atom is 0.326 e. The average molecular weight is 386 g/mol. The van der Waals surface area contributed by atoms with E-state index in [4.69, 9.17) is 4.74 Å². The minimum atomic E-state index is -0.919. The number of aromatic nitrogens is 1. The van der Waals surface area contributed by atoms with Gasteiger partial charge in [-0.05, 0) is 37.3 Å². The van der Waals surface area contributed by atoms with Gasteiger partial charge in [0.1, 0.15) is 22.5 Å². The number of fused-ring (bicyclic) bond motifs is 1. The molecular formula is C20H22N2O4S. The van der Waals surface area contributed by atoms with Crippen molar-refractivity contribution >= 4 is 23.2 Å². The monoisotopic (exact) mass is 386 g/mol. The Balaban J connectivity index is 1.64. The molecule has 2 aromatic rings. The third kappa shape index (κ3) is 3.20. The summed E-state index contributed by atoms with van der Waals surface area (Å²) in [5.41, 5.74) is 1.15. The number of carboxylic acids is 1. The van der Waals surface area contributed by atoms with Gasteiger partial charge in [-0.25, -0.2) is 9.78 Å². The minimum absolute atomic E-state index is 0.0174. The van der Waals surface area contributed by atoms with Crippen LogP contribution in [0.3, 0.4) is 0 Å².